The smallest absolute Gasteiger partial charge is 0.310 e. The number of carbonyl (C=O) groups is 1. The van der Waals surface area contributed by atoms with E-state index in [0.717, 1.165) is 30.4 Å². The van der Waals surface area contributed by atoms with Crippen LogP contribution in [0.3, 0.4) is 0 Å². The predicted octanol–water partition coefficient (Wildman–Crippen LogP) is 6.37. The minimum atomic E-state index is -0.899. The van der Waals surface area contributed by atoms with Crippen LogP contribution in [0, 0.1) is 26.2 Å². The van der Waals surface area contributed by atoms with Crippen LogP contribution in [-0.2, 0) is 17.6 Å². The molecule has 0 amide bonds. The van der Waals surface area contributed by atoms with Crippen molar-refractivity contribution in [2.45, 2.75) is 73.6 Å². The molecule has 0 radical (unpaired) electrons. The number of aliphatic carboxylic acids is 1. The largest absolute Gasteiger partial charge is 0.481 e. The van der Waals surface area contributed by atoms with Gasteiger partial charge in [-0.3, -0.25) is 4.79 Å². The first-order valence-electron chi connectivity index (χ1n) is 10.1. The Balaban J connectivity index is 2.72. The van der Waals surface area contributed by atoms with Gasteiger partial charge in [0.25, 0.3) is 0 Å². The fraction of sp³-hybridized carbons (Fsp3) is 0.480. The monoisotopic (exact) mass is 366 g/mol. The van der Waals surface area contributed by atoms with Gasteiger partial charge < -0.3 is 5.11 Å². The van der Waals surface area contributed by atoms with Crippen LogP contribution >= 0.6 is 0 Å². The van der Waals surface area contributed by atoms with E-state index in [4.69, 9.17) is 0 Å². The first-order chi connectivity index (χ1) is 12.6. The Kier molecular flexibility index (Phi) is 6.51. The molecule has 0 fully saturated rings. The third kappa shape index (κ3) is 4.10. The topological polar surface area (TPSA) is 37.3 Å². The minimum absolute atomic E-state index is 0.185. The second-order valence-corrected chi connectivity index (χ2v) is 8.31. The second kappa shape index (κ2) is 8.29. The predicted molar refractivity (Wildman–Crippen MR) is 114 cm³/mol. The van der Waals surface area contributed by atoms with E-state index in [-0.39, 0.29) is 5.92 Å². The maximum absolute atomic E-state index is 12.2. The molecule has 1 N–H and O–H groups in total. The summed E-state index contributed by atoms with van der Waals surface area (Å²) in [5.41, 5.74) is 7.73. The Bertz CT molecular complexity index is 830. The number of carboxylic acids is 1. The lowest BCUT2D eigenvalue weighted by atomic mass is 9.69. The van der Waals surface area contributed by atoms with E-state index in [1.807, 2.05) is 13.8 Å². The molecule has 27 heavy (non-hydrogen) atoms. The number of benzene rings is 2. The minimum Gasteiger partial charge on any atom is -0.481 e. The average molecular weight is 367 g/mol. The lowest BCUT2D eigenvalue weighted by molar-refractivity contribution is -0.147. The highest BCUT2D eigenvalue weighted by atomic mass is 16.4. The summed E-state index contributed by atoms with van der Waals surface area (Å²) in [6.45, 7) is 14.4. The Hall–Kier alpha value is -2.09. The van der Waals surface area contributed by atoms with E-state index >= 15 is 0 Å². The molecule has 2 rings (SSSR count). The van der Waals surface area contributed by atoms with Crippen molar-refractivity contribution in [2.24, 2.45) is 5.41 Å². The van der Waals surface area contributed by atoms with Gasteiger partial charge in [0.05, 0.1) is 5.41 Å². The fourth-order valence-electron chi connectivity index (χ4n) is 4.07. The molecule has 146 valence electrons. The molecule has 0 aromatic heterocycles. The van der Waals surface area contributed by atoms with Crippen molar-refractivity contribution < 1.29 is 9.90 Å². The summed E-state index contributed by atoms with van der Waals surface area (Å²) in [6, 6.07) is 10.8. The lowest BCUT2D eigenvalue weighted by Gasteiger charge is -2.33. The van der Waals surface area contributed by atoms with Crippen LogP contribution in [0.25, 0.3) is 0 Å². The summed E-state index contributed by atoms with van der Waals surface area (Å²) in [6.07, 6.45) is 3.15. The maximum Gasteiger partial charge on any atom is 0.310 e. The molecule has 1 unspecified atom stereocenters. The zero-order valence-corrected chi connectivity index (χ0v) is 17.9. The van der Waals surface area contributed by atoms with Crippen LogP contribution in [0.5, 0.6) is 0 Å². The van der Waals surface area contributed by atoms with Gasteiger partial charge in [0.2, 0.25) is 0 Å². The highest BCUT2D eigenvalue weighted by molar-refractivity contribution is 5.76. The highest BCUT2D eigenvalue weighted by Gasteiger charge is 2.40. The van der Waals surface area contributed by atoms with Crippen molar-refractivity contribution in [3.63, 3.8) is 0 Å². The molecule has 0 aliphatic carbocycles. The number of carboxylic acid groups (broad SMARTS) is 1. The second-order valence-electron chi connectivity index (χ2n) is 8.31. The molecular formula is C25H34O2. The fourth-order valence-corrected chi connectivity index (χ4v) is 4.07. The van der Waals surface area contributed by atoms with E-state index in [0.29, 0.717) is 0 Å². The van der Waals surface area contributed by atoms with Gasteiger partial charge in [-0.15, -0.1) is 0 Å². The summed E-state index contributed by atoms with van der Waals surface area (Å²) in [5.74, 6) is -0.948. The normalized spacial score (nSPS) is 12.9. The number of hydrogen-bond donors (Lipinski definition) is 1. The van der Waals surface area contributed by atoms with Crippen LogP contribution in [0.4, 0.5) is 0 Å². The van der Waals surface area contributed by atoms with Crippen LogP contribution < -0.4 is 0 Å². The molecular weight excluding hydrogens is 332 g/mol. The first kappa shape index (κ1) is 21.2. The van der Waals surface area contributed by atoms with Gasteiger partial charge in [-0.05, 0) is 86.4 Å². The van der Waals surface area contributed by atoms with E-state index in [1.165, 1.54) is 27.8 Å². The third-order valence-corrected chi connectivity index (χ3v) is 6.15. The quantitative estimate of drug-likeness (QED) is 0.618. The van der Waals surface area contributed by atoms with Crippen molar-refractivity contribution in [1.29, 1.82) is 0 Å². The Morgan fingerprint density at radius 2 is 1.67 bits per heavy atom. The first-order valence-corrected chi connectivity index (χ1v) is 10.1. The van der Waals surface area contributed by atoms with Crippen molar-refractivity contribution >= 4 is 5.97 Å². The number of hydrogen-bond acceptors (Lipinski definition) is 1. The Morgan fingerprint density at radius 1 is 1.00 bits per heavy atom. The molecule has 1 atom stereocenters. The number of aryl methyl sites for hydroxylation is 3. The third-order valence-electron chi connectivity index (χ3n) is 6.15. The molecule has 0 saturated heterocycles. The van der Waals surface area contributed by atoms with Crippen LogP contribution in [0.15, 0.2) is 30.3 Å². The van der Waals surface area contributed by atoms with Crippen molar-refractivity contribution in [2.75, 3.05) is 0 Å². The molecule has 2 heteroatoms. The number of rotatable bonds is 7. The SMILES string of the molecule is CCCc1ccc(C(c2ccc(C)c(C)c2C)C(C)(C)C(=O)O)cc1CC. The Labute approximate surface area is 164 Å². The van der Waals surface area contributed by atoms with Gasteiger partial charge in [0.1, 0.15) is 0 Å². The Morgan fingerprint density at radius 3 is 2.22 bits per heavy atom. The zero-order chi connectivity index (χ0) is 20.4. The van der Waals surface area contributed by atoms with Gasteiger partial charge in [-0.25, -0.2) is 0 Å². The summed E-state index contributed by atoms with van der Waals surface area (Å²) in [4.78, 5) is 12.2. The van der Waals surface area contributed by atoms with E-state index in [1.54, 1.807) is 0 Å². The summed E-state index contributed by atoms with van der Waals surface area (Å²) in [5, 5.41) is 10.0. The van der Waals surface area contributed by atoms with E-state index in [2.05, 4.69) is 65.0 Å². The average Bonchev–Trinajstić information content (AvgIpc) is 2.62. The van der Waals surface area contributed by atoms with Crippen molar-refractivity contribution in [3.05, 3.63) is 69.3 Å². The lowest BCUT2D eigenvalue weighted by Crippen LogP contribution is -2.32. The van der Waals surface area contributed by atoms with Gasteiger partial charge >= 0.3 is 5.97 Å². The standard InChI is InChI=1S/C25H34O2/c1-8-10-20-12-13-21(15-19(20)9-2)23(25(6,7)24(26)27)22-14-11-16(3)17(4)18(22)5/h11-15,23H,8-10H2,1-7H3,(H,26,27). The molecule has 0 aliphatic rings. The molecule has 0 saturated carbocycles. The van der Waals surface area contributed by atoms with Gasteiger partial charge in [0, 0.05) is 5.92 Å². The van der Waals surface area contributed by atoms with E-state index in [9.17, 15) is 9.90 Å². The molecule has 0 spiro atoms. The van der Waals surface area contributed by atoms with Crippen LogP contribution in [0.2, 0.25) is 0 Å². The van der Waals surface area contributed by atoms with Gasteiger partial charge in [0.15, 0.2) is 0 Å². The summed E-state index contributed by atoms with van der Waals surface area (Å²) in [7, 11) is 0. The molecule has 2 nitrogen and oxygen atoms in total. The molecule has 0 bridgehead atoms. The highest BCUT2D eigenvalue weighted by Crippen LogP contribution is 2.43. The van der Waals surface area contributed by atoms with E-state index < -0.39 is 11.4 Å². The van der Waals surface area contributed by atoms with Gasteiger partial charge in [-0.1, -0.05) is 50.6 Å². The van der Waals surface area contributed by atoms with Crippen molar-refractivity contribution in [1.82, 2.24) is 0 Å². The molecule has 0 heterocycles. The zero-order valence-electron chi connectivity index (χ0n) is 17.9. The van der Waals surface area contributed by atoms with Crippen molar-refractivity contribution in [3.8, 4) is 0 Å². The molecule has 2 aromatic rings. The summed E-state index contributed by atoms with van der Waals surface area (Å²) < 4.78 is 0. The van der Waals surface area contributed by atoms with Gasteiger partial charge in [-0.2, -0.15) is 0 Å². The maximum atomic E-state index is 12.2. The van der Waals surface area contributed by atoms with Crippen LogP contribution in [-0.4, -0.2) is 11.1 Å². The molecule has 0 aliphatic heterocycles. The van der Waals surface area contributed by atoms with Crippen LogP contribution in [0.1, 0.15) is 79.0 Å². The molecule has 2 aromatic carbocycles. The summed E-state index contributed by atoms with van der Waals surface area (Å²) >= 11 is 0.